The van der Waals surface area contributed by atoms with E-state index in [-0.39, 0.29) is 23.9 Å². The Morgan fingerprint density at radius 3 is 2.34 bits per heavy atom. The Hall–Kier alpha value is -3.42. The molecule has 8 heteroatoms. The molecule has 38 heavy (non-hydrogen) atoms. The third-order valence-corrected chi connectivity index (χ3v) is 7.68. The Morgan fingerprint density at radius 1 is 0.947 bits per heavy atom. The fourth-order valence-corrected chi connectivity index (χ4v) is 5.68. The van der Waals surface area contributed by atoms with Crippen LogP contribution in [0.4, 0.5) is 14.9 Å². The number of hydrogen-bond acceptors (Lipinski definition) is 3. The third-order valence-electron chi connectivity index (χ3n) is 7.68. The summed E-state index contributed by atoms with van der Waals surface area (Å²) in [5.41, 5.74) is 1.83. The molecule has 0 spiro atoms. The molecule has 0 aromatic heterocycles. The first-order valence-electron chi connectivity index (χ1n) is 13.7. The molecule has 0 unspecified atom stereocenters. The Morgan fingerprint density at radius 2 is 1.66 bits per heavy atom. The second kappa shape index (κ2) is 12.4. The van der Waals surface area contributed by atoms with Crippen LogP contribution in [-0.2, 0) is 9.59 Å². The number of likely N-dealkylation sites (tertiary alicyclic amines) is 1. The van der Waals surface area contributed by atoms with Gasteiger partial charge in [0.2, 0.25) is 5.91 Å². The highest BCUT2D eigenvalue weighted by molar-refractivity contribution is 6.05. The van der Waals surface area contributed by atoms with Crippen LogP contribution in [0, 0.1) is 12.7 Å². The second-order valence-corrected chi connectivity index (χ2v) is 10.7. The van der Waals surface area contributed by atoms with Crippen molar-refractivity contribution in [2.45, 2.75) is 76.4 Å². The number of aryl methyl sites for hydroxylation is 1. The fourth-order valence-electron chi connectivity index (χ4n) is 5.68. The molecule has 2 aromatic carbocycles. The van der Waals surface area contributed by atoms with Crippen molar-refractivity contribution >= 4 is 23.5 Å². The summed E-state index contributed by atoms with van der Waals surface area (Å²) in [4.78, 5) is 46.1. The van der Waals surface area contributed by atoms with Gasteiger partial charge in [0.05, 0.1) is 0 Å². The van der Waals surface area contributed by atoms with E-state index in [9.17, 15) is 18.8 Å². The minimum atomic E-state index is -1.01. The number of anilines is 1. The molecule has 4 rings (SSSR count). The zero-order valence-electron chi connectivity index (χ0n) is 22.7. The number of rotatable bonds is 6. The van der Waals surface area contributed by atoms with Gasteiger partial charge in [-0.05, 0) is 68.4 Å². The predicted octanol–water partition coefficient (Wildman–Crippen LogP) is 5.19. The standard InChI is InChI=1S/C30H39FN4O3/c1-21-12-7-8-17-25(21)27(28(36)32-23-14-5-4-6-15-23)35(24-16-11-13-22(31)20-24)29(37)26-18-9-10-19-34(26)30(38)33(2)3/h7-8,11-13,16-17,20,23,26-27H,4-6,9-10,14-15,18-19H2,1-3H3,(H,32,36)/t26-,27+/m1/s1. The van der Waals surface area contributed by atoms with E-state index in [1.807, 2.05) is 31.2 Å². The molecule has 1 N–H and O–H groups in total. The monoisotopic (exact) mass is 522 g/mol. The number of amides is 4. The summed E-state index contributed by atoms with van der Waals surface area (Å²) in [6.07, 6.45) is 7.11. The molecular formula is C30H39FN4O3. The maximum atomic E-state index is 14.6. The molecule has 1 saturated heterocycles. The van der Waals surface area contributed by atoms with Crippen LogP contribution in [0.3, 0.4) is 0 Å². The maximum absolute atomic E-state index is 14.6. The van der Waals surface area contributed by atoms with Crippen molar-refractivity contribution in [3.05, 3.63) is 65.5 Å². The van der Waals surface area contributed by atoms with Gasteiger partial charge in [0.25, 0.3) is 5.91 Å². The predicted molar refractivity (Wildman–Crippen MR) is 146 cm³/mol. The number of hydrogen-bond donors (Lipinski definition) is 1. The molecule has 2 atom stereocenters. The molecule has 0 bridgehead atoms. The van der Waals surface area contributed by atoms with E-state index in [1.165, 1.54) is 21.9 Å². The van der Waals surface area contributed by atoms with Crippen LogP contribution in [-0.4, -0.2) is 60.4 Å². The number of carbonyl (C=O) groups excluding carboxylic acids is 3. The summed E-state index contributed by atoms with van der Waals surface area (Å²) < 4.78 is 14.6. The van der Waals surface area contributed by atoms with Crippen molar-refractivity contribution in [1.82, 2.24) is 15.1 Å². The Kier molecular flexibility index (Phi) is 9.02. The topological polar surface area (TPSA) is 73.0 Å². The molecule has 1 heterocycles. The van der Waals surface area contributed by atoms with Crippen LogP contribution in [0.2, 0.25) is 0 Å². The van der Waals surface area contributed by atoms with Crippen LogP contribution in [0.25, 0.3) is 0 Å². The number of nitrogens with one attached hydrogen (secondary N) is 1. The van der Waals surface area contributed by atoms with Gasteiger partial charge in [0.15, 0.2) is 0 Å². The number of urea groups is 1. The smallest absolute Gasteiger partial charge is 0.320 e. The van der Waals surface area contributed by atoms with Crippen molar-refractivity contribution in [3.8, 4) is 0 Å². The highest BCUT2D eigenvalue weighted by atomic mass is 19.1. The number of carbonyl (C=O) groups is 3. The largest absolute Gasteiger partial charge is 0.351 e. The van der Waals surface area contributed by atoms with Gasteiger partial charge in [0.1, 0.15) is 17.9 Å². The van der Waals surface area contributed by atoms with Crippen molar-refractivity contribution in [1.29, 1.82) is 0 Å². The number of piperidine rings is 1. The lowest BCUT2D eigenvalue weighted by molar-refractivity contribution is -0.129. The SMILES string of the molecule is Cc1ccccc1[C@@H](C(=O)NC1CCCCC1)N(C(=O)[C@H]1CCCCN1C(=O)N(C)C)c1cccc(F)c1. The summed E-state index contributed by atoms with van der Waals surface area (Å²) in [6.45, 7) is 2.36. The van der Waals surface area contributed by atoms with E-state index in [1.54, 1.807) is 31.1 Å². The van der Waals surface area contributed by atoms with E-state index < -0.39 is 17.9 Å². The summed E-state index contributed by atoms with van der Waals surface area (Å²) in [5, 5.41) is 3.20. The first-order valence-corrected chi connectivity index (χ1v) is 13.7. The lowest BCUT2D eigenvalue weighted by Gasteiger charge is -2.41. The van der Waals surface area contributed by atoms with Crippen LogP contribution in [0.1, 0.15) is 68.5 Å². The molecule has 2 aromatic rings. The van der Waals surface area contributed by atoms with E-state index in [4.69, 9.17) is 0 Å². The highest BCUT2D eigenvalue weighted by Gasteiger charge is 2.41. The van der Waals surface area contributed by atoms with Crippen LogP contribution in [0.5, 0.6) is 0 Å². The lowest BCUT2D eigenvalue weighted by Crippen LogP contribution is -2.57. The molecular weight excluding hydrogens is 483 g/mol. The van der Waals surface area contributed by atoms with Gasteiger partial charge in [-0.3, -0.25) is 14.5 Å². The summed E-state index contributed by atoms with van der Waals surface area (Å²) >= 11 is 0. The van der Waals surface area contributed by atoms with Crippen molar-refractivity contribution in [3.63, 3.8) is 0 Å². The first-order chi connectivity index (χ1) is 18.3. The Bertz CT molecular complexity index is 1150. The fraction of sp³-hybridized carbons (Fsp3) is 0.500. The quantitative estimate of drug-likeness (QED) is 0.567. The van der Waals surface area contributed by atoms with Crippen molar-refractivity contribution in [2.24, 2.45) is 0 Å². The van der Waals surface area contributed by atoms with E-state index in [2.05, 4.69) is 5.32 Å². The van der Waals surface area contributed by atoms with Gasteiger partial charge in [-0.2, -0.15) is 0 Å². The van der Waals surface area contributed by atoms with Crippen LogP contribution in [0.15, 0.2) is 48.5 Å². The lowest BCUT2D eigenvalue weighted by atomic mass is 9.93. The minimum absolute atomic E-state index is 0.0359. The number of nitrogens with zero attached hydrogens (tertiary/aromatic N) is 3. The molecule has 2 aliphatic rings. The van der Waals surface area contributed by atoms with Gasteiger partial charge in [-0.15, -0.1) is 0 Å². The molecule has 4 amide bonds. The summed E-state index contributed by atoms with van der Waals surface area (Å²) in [7, 11) is 3.33. The molecule has 1 saturated carbocycles. The van der Waals surface area contributed by atoms with Gasteiger partial charge in [0, 0.05) is 32.4 Å². The maximum Gasteiger partial charge on any atom is 0.320 e. The second-order valence-electron chi connectivity index (χ2n) is 10.7. The zero-order chi connectivity index (χ0) is 27.2. The average Bonchev–Trinajstić information content (AvgIpc) is 2.92. The minimum Gasteiger partial charge on any atom is -0.351 e. The van der Waals surface area contributed by atoms with E-state index in [0.717, 1.165) is 50.5 Å². The molecule has 0 radical (unpaired) electrons. The summed E-state index contributed by atoms with van der Waals surface area (Å²) in [6, 6.07) is 11.3. The van der Waals surface area contributed by atoms with E-state index >= 15 is 0 Å². The van der Waals surface area contributed by atoms with Gasteiger partial charge < -0.3 is 15.1 Å². The molecule has 204 valence electrons. The zero-order valence-corrected chi connectivity index (χ0v) is 22.7. The van der Waals surface area contributed by atoms with Crippen LogP contribution < -0.4 is 10.2 Å². The van der Waals surface area contributed by atoms with Gasteiger partial charge in [-0.25, -0.2) is 9.18 Å². The summed E-state index contributed by atoms with van der Waals surface area (Å²) in [5.74, 6) is -1.16. The van der Waals surface area contributed by atoms with Crippen LogP contribution >= 0.6 is 0 Å². The molecule has 7 nitrogen and oxygen atoms in total. The Labute approximate surface area is 225 Å². The third kappa shape index (κ3) is 6.17. The Balaban J connectivity index is 1.81. The normalized spacial score (nSPS) is 18.9. The van der Waals surface area contributed by atoms with Crippen molar-refractivity contribution in [2.75, 3.05) is 25.5 Å². The molecule has 2 fully saturated rings. The average molecular weight is 523 g/mol. The van der Waals surface area contributed by atoms with Gasteiger partial charge in [-0.1, -0.05) is 49.6 Å². The molecule has 1 aliphatic heterocycles. The molecule has 1 aliphatic carbocycles. The van der Waals surface area contributed by atoms with Gasteiger partial charge >= 0.3 is 6.03 Å². The van der Waals surface area contributed by atoms with E-state index in [0.29, 0.717) is 24.2 Å². The number of halogens is 1. The highest BCUT2D eigenvalue weighted by Crippen LogP contribution is 2.34. The first kappa shape index (κ1) is 27.6. The van der Waals surface area contributed by atoms with Crippen molar-refractivity contribution < 1.29 is 18.8 Å². The number of benzene rings is 2.